The third-order valence-electron chi connectivity index (χ3n) is 5.40. The van der Waals surface area contributed by atoms with Crippen LogP contribution in [-0.4, -0.2) is 40.9 Å². The molecule has 0 unspecified atom stereocenters. The molecule has 0 bridgehead atoms. The van der Waals surface area contributed by atoms with Crippen LogP contribution >= 0.6 is 72.2 Å². The standard InChI is InChI=1S/C22H37NO3S7Si/c1-24-34(25-2,26-3)19-15-11-9-7-5-4-6-8-10-14-18-27-30-32-33-31-29-22-23-20-16-12-13-17-21(20)28-22/h12-13,16-17H,4-11,14-15,18-19H2,1-3H3. The minimum atomic E-state index is -2.35. The number of benzene rings is 1. The zero-order chi connectivity index (χ0) is 24.3. The molecule has 1 heterocycles. The predicted octanol–water partition coefficient (Wildman–Crippen LogP) is 10.4. The number of fused-ring (bicyclic) bond motifs is 1. The molecule has 0 aliphatic rings. The summed E-state index contributed by atoms with van der Waals surface area (Å²) in [5.74, 6) is 1.25. The highest BCUT2D eigenvalue weighted by molar-refractivity contribution is 9.41. The lowest BCUT2D eigenvalue weighted by Gasteiger charge is -2.24. The van der Waals surface area contributed by atoms with Gasteiger partial charge < -0.3 is 13.3 Å². The highest BCUT2D eigenvalue weighted by Crippen LogP contribution is 2.54. The van der Waals surface area contributed by atoms with Crippen molar-refractivity contribution in [2.75, 3.05) is 27.1 Å². The Kier molecular flexibility index (Phi) is 18.8. The van der Waals surface area contributed by atoms with E-state index in [0.29, 0.717) is 0 Å². The van der Waals surface area contributed by atoms with Gasteiger partial charge in [0.15, 0.2) is 4.34 Å². The van der Waals surface area contributed by atoms with Crippen molar-refractivity contribution in [3.05, 3.63) is 24.3 Å². The number of hydrogen-bond acceptors (Lipinski definition) is 11. The smallest absolute Gasteiger partial charge is 0.377 e. The fourth-order valence-corrected chi connectivity index (χ4v) is 18.2. The van der Waals surface area contributed by atoms with E-state index in [-0.39, 0.29) is 0 Å². The van der Waals surface area contributed by atoms with E-state index in [0.717, 1.165) is 22.3 Å². The third kappa shape index (κ3) is 13.2. The first kappa shape index (κ1) is 31.5. The first-order valence-electron chi connectivity index (χ1n) is 11.7. The number of rotatable bonds is 22. The van der Waals surface area contributed by atoms with E-state index in [1.165, 1.54) is 68.2 Å². The van der Waals surface area contributed by atoms with Gasteiger partial charge in [-0.15, -0.1) is 11.3 Å². The first-order chi connectivity index (χ1) is 16.7. The highest BCUT2D eigenvalue weighted by atomic mass is 33.9. The molecule has 0 spiro atoms. The van der Waals surface area contributed by atoms with Crippen molar-refractivity contribution in [2.45, 2.75) is 74.6 Å². The Labute approximate surface area is 233 Å². The Morgan fingerprint density at radius 1 is 0.735 bits per heavy atom. The molecule has 1 aromatic heterocycles. The van der Waals surface area contributed by atoms with Gasteiger partial charge in [0.2, 0.25) is 0 Å². The molecular weight excluding hydrogens is 579 g/mol. The number of aromatic nitrogens is 1. The fraction of sp³-hybridized carbons (Fsp3) is 0.682. The lowest BCUT2D eigenvalue weighted by atomic mass is 10.1. The maximum atomic E-state index is 5.48. The van der Waals surface area contributed by atoms with E-state index >= 15 is 0 Å². The molecule has 2 aromatic rings. The Morgan fingerprint density at radius 2 is 1.32 bits per heavy atom. The molecule has 0 aliphatic heterocycles. The van der Waals surface area contributed by atoms with Gasteiger partial charge in [-0.05, 0) is 75.1 Å². The number of hydrogen-bond donors (Lipinski definition) is 0. The Balaban J connectivity index is 1.29. The summed E-state index contributed by atoms with van der Waals surface area (Å²) in [6.07, 6.45) is 13.2. The summed E-state index contributed by atoms with van der Waals surface area (Å²) in [6, 6.07) is 9.27. The van der Waals surface area contributed by atoms with Gasteiger partial charge in [0.05, 0.1) is 10.2 Å². The summed E-state index contributed by atoms with van der Waals surface area (Å²) in [6.45, 7) is 0. The lowest BCUT2D eigenvalue weighted by Crippen LogP contribution is -2.42. The first-order valence-corrected chi connectivity index (χ1v) is 22.1. The van der Waals surface area contributed by atoms with Crippen molar-refractivity contribution in [3.8, 4) is 0 Å². The SMILES string of the molecule is CO[Si](CCCCCCCCCCCCSSSSSSc1nc2ccccc2s1)(OC)OC. The molecule has 0 N–H and O–H groups in total. The Morgan fingerprint density at radius 3 is 1.97 bits per heavy atom. The average molecular weight is 616 g/mol. The molecule has 0 fully saturated rings. The van der Waals surface area contributed by atoms with Crippen LogP contribution < -0.4 is 0 Å². The molecule has 0 aliphatic carbocycles. The Bertz CT molecular complexity index is 726. The second-order valence-corrected chi connectivity index (χ2v) is 21.6. The largest absolute Gasteiger partial charge is 0.500 e. The van der Waals surface area contributed by atoms with Gasteiger partial charge in [0, 0.05) is 33.1 Å². The average Bonchev–Trinajstić information content (AvgIpc) is 3.29. The maximum absolute atomic E-state index is 5.48. The van der Waals surface area contributed by atoms with E-state index in [4.69, 9.17) is 13.3 Å². The molecule has 0 amide bonds. The fourth-order valence-electron chi connectivity index (χ4n) is 3.48. The lowest BCUT2D eigenvalue weighted by molar-refractivity contribution is 0.122. The summed E-state index contributed by atoms with van der Waals surface area (Å²) < 4.78 is 18.8. The topological polar surface area (TPSA) is 40.6 Å². The van der Waals surface area contributed by atoms with Gasteiger partial charge in [-0.3, -0.25) is 0 Å². The van der Waals surface area contributed by atoms with Gasteiger partial charge in [-0.2, -0.15) is 0 Å². The van der Waals surface area contributed by atoms with E-state index in [9.17, 15) is 0 Å². The van der Waals surface area contributed by atoms with Gasteiger partial charge in [-0.25, -0.2) is 4.98 Å². The second-order valence-electron chi connectivity index (χ2n) is 7.71. The highest BCUT2D eigenvalue weighted by Gasteiger charge is 2.36. The molecule has 0 radical (unpaired) electrons. The zero-order valence-electron chi connectivity index (χ0n) is 20.3. The number of nitrogens with zero attached hydrogens (tertiary/aromatic N) is 1. The maximum Gasteiger partial charge on any atom is 0.500 e. The molecule has 0 atom stereocenters. The molecule has 34 heavy (non-hydrogen) atoms. The summed E-state index contributed by atoms with van der Waals surface area (Å²) in [5, 5.41) is 0. The van der Waals surface area contributed by atoms with Crippen LogP contribution in [-0.2, 0) is 13.3 Å². The third-order valence-corrected chi connectivity index (χ3v) is 20.3. The van der Waals surface area contributed by atoms with Crippen LogP contribution in [0.1, 0.15) is 64.2 Å². The van der Waals surface area contributed by atoms with E-state index in [2.05, 4.69) is 23.2 Å². The van der Waals surface area contributed by atoms with Crippen molar-refractivity contribution in [2.24, 2.45) is 0 Å². The number of para-hydroxylation sites is 1. The molecule has 0 saturated heterocycles. The second kappa shape index (κ2) is 20.3. The molecule has 2 rings (SSSR count). The summed E-state index contributed by atoms with van der Waals surface area (Å²) in [5.41, 5.74) is 1.11. The minimum absolute atomic E-state index is 0.923. The monoisotopic (exact) mass is 615 g/mol. The van der Waals surface area contributed by atoms with Crippen LogP contribution in [0.2, 0.25) is 6.04 Å². The van der Waals surface area contributed by atoms with Gasteiger partial charge in [-0.1, -0.05) is 74.3 Å². The van der Waals surface area contributed by atoms with Crippen molar-refractivity contribution in [3.63, 3.8) is 0 Å². The van der Waals surface area contributed by atoms with Crippen molar-refractivity contribution < 1.29 is 13.3 Å². The van der Waals surface area contributed by atoms with Crippen molar-refractivity contribution in [1.82, 2.24) is 4.98 Å². The van der Waals surface area contributed by atoms with Crippen LogP contribution in [0.4, 0.5) is 0 Å². The quantitative estimate of drug-likeness (QED) is 0.0725. The van der Waals surface area contributed by atoms with Crippen LogP contribution in [0, 0.1) is 0 Å². The Hall–Kier alpha value is 1.31. The number of unbranched alkanes of at least 4 members (excludes halogenated alkanes) is 9. The van der Waals surface area contributed by atoms with Crippen molar-refractivity contribution >= 4 is 91.2 Å². The summed E-state index contributed by atoms with van der Waals surface area (Å²) >= 11 is 1.77. The number of thiazole rings is 1. The van der Waals surface area contributed by atoms with E-state index in [1.807, 2.05) is 46.3 Å². The van der Waals surface area contributed by atoms with Gasteiger partial charge >= 0.3 is 8.80 Å². The predicted molar refractivity (Wildman–Crippen MR) is 166 cm³/mol. The van der Waals surface area contributed by atoms with Gasteiger partial charge in [0.1, 0.15) is 0 Å². The van der Waals surface area contributed by atoms with Crippen molar-refractivity contribution in [1.29, 1.82) is 0 Å². The van der Waals surface area contributed by atoms with Crippen LogP contribution in [0.3, 0.4) is 0 Å². The molecule has 12 heteroatoms. The summed E-state index contributed by atoms with van der Waals surface area (Å²) in [7, 11) is 13.9. The van der Waals surface area contributed by atoms with Crippen LogP contribution in [0.5, 0.6) is 0 Å². The minimum Gasteiger partial charge on any atom is -0.377 e. The van der Waals surface area contributed by atoms with Crippen LogP contribution in [0.15, 0.2) is 28.6 Å². The van der Waals surface area contributed by atoms with E-state index in [1.54, 1.807) is 53.3 Å². The molecular formula is C22H37NO3S7Si. The molecule has 1 aromatic carbocycles. The zero-order valence-corrected chi connectivity index (χ0v) is 27.0. The van der Waals surface area contributed by atoms with Gasteiger partial charge in [0.25, 0.3) is 0 Å². The molecule has 0 saturated carbocycles. The molecule has 4 nitrogen and oxygen atoms in total. The van der Waals surface area contributed by atoms with Crippen LogP contribution in [0.25, 0.3) is 10.2 Å². The summed E-state index contributed by atoms with van der Waals surface area (Å²) in [4.78, 5) is 4.66. The normalized spacial score (nSPS) is 12.1. The van der Waals surface area contributed by atoms with E-state index < -0.39 is 8.80 Å². The molecule has 194 valence electrons.